The number of amides is 2. The third-order valence-corrected chi connectivity index (χ3v) is 4.02. The van der Waals surface area contributed by atoms with Crippen molar-refractivity contribution in [1.29, 1.82) is 0 Å². The van der Waals surface area contributed by atoms with Gasteiger partial charge in [-0.2, -0.15) is 0 Å². The van der Waals surface area contributed by atoms with Crippen LogP contribution in [0.1, 0.15) is 37.6 Å². The molecule has 1 fully saturated rings. The predicted octanol–water partition coefficient (Wildman–Crippen LogP) is 2.18. The second-order valence-electron chi connectivity index (χ2n) is 6.36. The Balaban J connectivity index is 1.97. The van der Waals surface area contributed by atoms with E-state index in [4.69, 9.17) is 9.47 Å². The van der Waals surface area contributed by atoms with Crippen molar-refractivity contribution in [3.63, 3.8) is 0 Å². The molecule has 1 heterocycles. The van der Waals surface area contributed by atoms with E-state index in [1.165, 1.54) is 0 Å². The third kappa shape index (κ3) is 5.74. The average molecular weight is 348 g/mol. The van der Waals surface area contributed by atoms with E-state index in [0.29, 0.717) is 44.1 Å². The van der Waals surface area contributed by atoms with Crippen molar-refractivity contribution in [3.8, 4) is 5.75 Å². The van der Waals surface area contributed by atoms with Crippen molar-refractivity contribution < 1.29 is 19.1 Å². The van der Waals surface area contributed by atoms with Crippen LogP contribution in [0.15, 0.2) is 24.3 Å². The zero-order chi connectivity index (χ0) is 18.2. The maximum Gasteiger partial charge on any atom is 0.254 e. The van der Waals surface area contributed by atoms with Crippen LogP contribution in [0.3, 0.4) is 0 Å². The summed E-state index contributed by atoms with van der Waals surface area (Å²) in [5, 5.41) is 0. The maximum absolute atomic E-state index is 12.8. The van der Waals surface area contributed by atoms with Gasteiger partial charge in [0, 0.05) is 38.3 Å². The number of carbonyl (C=O) groups excluding carboxylic acids is 2. The van der Waals surface area contributed by atoms with Gasteiger partial charge in [-0.25, -0.2) is 0 Å². The Kier molecular flexibility index (Phi) is 7.25. The Bertz CT molecular complexity index is 589. The molecule has 1 saturated heterocycles. The van der Waals surface area contributed by atoms with E-state index < -0.39 is 0 Å². The normalized spacial score (nSPS) is 15.2. The van der Waals surface area contributed by atoms with Gasteiger partial charge in [0.05, 0.1) is 6.10 Å². The van der Waals surface area contributed by atoms with E-state index >= 15 is 0 Å². The molecular formula is C19H28N2O4. The van der Waals surface area contributed by atoms with Crippen molar-refractivity contribution in [3.05, 3.63) is 29.8 Å². The van der Waals surface area contributed by atoms with Gasteiger partial charge in [0.2, 0.25) is 5.91 Å². The molecule has 2 rings (SSSR count). The van der Waals surface area contributed by atoms with Gasteiger partial charge in [-0.05, 0) is 45.4 Å². The zero-order valence-corrected chi connectivity index (χ0v) is 15.4. The van der Waals surface area contributed by atoms with Crippen LogP contribution in [-0.2, 0) is 9.53 Å². The monoisotopic (exact) mass is 348 g/mol. The van der Waals surface area contributed by atoms with Crippen molar-refractivity contribution >= 4 is 11.8 Å². The van der Waals surface area contributed by atoms with Crippen LogP contribution < -0.4 is 4.74 Å². The maximum atomic E-state index is 12.8. The Morgan fingerprint density at radius 3 is 2.56 bits per heavy atom. The van der Waals surface area contributed by atoms with E-state index in [1.54, 1.807) is 17.0 Å². The summed E-state index contributed by atoms with van der Waals surface area (Å²) in [6.45, 7) is 8.80. The topological polar surface area (TPSA) is 59.1 Å². The van der Waals surface area contributed by atoms with Gasteiger partial charge >= 0.3 is 0 Å². The number of hydrogen-bond acceptors (Lipinski definition) is 4. The lowest BCUT2D eigenvalue weighted by molar-refractivity contribution is -0.135. The molecule has 25 heavy (non-hydrogen) atoms. The predicted molar refractivity (Wildman–Crippen MR) is 95.8 cm³/mol. The van der Waals surface area contributed by atoms with Crippen LogP contribution in [0, 0.1) is 0 Å². The molecule has 0 atom stereocenters. The first-order valence-corrected chi connectivity index (χ1v) is 8.92. The second-order valence-corrected chi connectivity index (χ2v) is 6.36. The molecule has 1 aliphatic rings. The first-order chi connectivity index (χ1) is 12.0. The number of ether oxygens (including phenoxy) is 2. The van der Waals surface area contributed by atoms with Gasteiger partial charge in [-0.15, -0.1) is 0 Å². The van der Waals surface area contributed by atoms with Crippen LogP contribution in [-0.4, -0.2) is 67.1 Å². The summed E-state index contributed by atoms with van der Waals surface area (Å²) < 4.78 is 10.9. The SMILES string of the molecule is CCOCC(=O)N1CCCN(C(=O)c2cccc(OC(C)C)c2)CC1. The summed E-state index contributed by atoms with van der Waals surface area (Å²) in [5.74, 6) is 0.668. The highest BCUT2D eigenvalue weighted by Crippen LogP contribution is 2.17. The molecule has 0 bridgehead atoms. The van der Waals surface area contributed by atoms with Crippen molar-refractivity contribution in [2.24, 2.45) is 0 Å². The van der Waals surface area contributed by atoms with Crippen molar-refractivity contribution in [2.75, 3.05) is 39.4 Å². The lowest BCUT2D eigenvalue weighted by atomic mass is 10.2. The Morgan fingerprint density at radius 1 is 1.12 bits per heavy atom. The van der Waals surface area contributed by atoms with E-state index in [2.05, 4.69) is 0 Å². The Labute approximate surface area is 149 Å². The van der Waals surface area contributed by atoms with Gasteiger partial charge in [-0.3, -0.25) is 9.59 Å². The molecule has 0 saturated carbocycles. The molecule has 6 heteroatoms. The van der Waals surface area contributed by atoms with Gasteiger partial charge in [0.1, 0.15) is 12.4 Å². The van der Waals surface area contributed by atoms with E-state index in [-0.39, 0.29) is 24.5 Å². The molecule has 0 spiro atoms. The van der Waals surface area contributed by atoms with Crippen LogP contribution >= 0.6 is 0 Å². The molecule has 1 aliphatic heterocycles. The van der Waals surface area contributed by atoms with E-state index in [0.717, 1.165) is 6.42 Å². The number of carbonyl (C=O) groups is 2. The standard InChI is InChI=1S/C19H28N2O4/c1-4-24-14-18(22)20-9-6-10-21(12-11-20)19(23)16-7-5-8-17(13-16)25-15(2)3/h5,7-8,13,15H,4,6,9-12,14H2,1-3H3. The fourth-order valence-corrected chi connectivity index (χ4v) is 2.81. The van der Waals surface area contributed by atoms with Crippen LogP contribution in [0.25, 0.3) is 0 Å². The fraction of sp³-hybridized carbons (Fsp3) is 0.579. The summed E-state index contributed by atoms with van der Waals surface area (Å²) in [6, 6.07) is 7.28. The molecule has 138 valence electrons. The molecule has 6 nitrogen and oxygen atoms in total. The molecule has 0 unspecified atom stereocenters. The average Bonchev–Trinajstić information content (AvgIpc) is 2.85. The molecule has 0 N–H and O–H groups in total. The van der Waals surface area contributed by atoms with E-state index in [1.807, 2.05) is 37.8 Å². The minimum absolute atomic E-state index is 0.0107. The lowest BCUT2D eigenvalue weighted by Crippen LogP contribution is -2.38. The number of nitrogens with zero attached hydrogens (tertiary/aromatic N) is 2. The molecule has 0 aliphatic carbocycles. The summed E-state index contributed by atoms with van der Waals surface area (Å²) in [4.78, 5) is 28.5. The summed E-state index contributed by atoms with van der Waals surface area (Å²) in [6.07, 6.45) is 0.833. The van der Waals surface area contributed by atoms with Gasteiger partial charge in [-0.1, -0.05) is 6.07 Å². The van der Waals surface area contributed by atoms with Crippen LogP contribution in [0.2, 0.25) is 0 Å². The summed E-state index contributed by atoms with van der Waals surface area (Å²) >= 11 is 0. The minimum Gasteiger partial charge on any atom is -0.491 e. The number of benzene rings is 1. The van der Waals surface area contributed by atoms with Crippen molar-refractivity contribution in [2.45, 2.75) is 33.3 Å². The van der Waals surface area contributed by atoms with Crippen LogP contribution in [0.4, 0.5) is 0 Å². The fourth-order valence-electron chi connectivity index (χ4n) is 2.81. The highest BCUT2D eigenvalue weighted by atomic mass is 16.5. The summed E-state index contributed by atoms with van der Waals surface area (Å²) in [5.41, 5.74) is 0.618. The first kappa shape index (κ1) is 19.2. The quantitative estimate of drug-likeness (QED) is 0.791. The minimum atomic E-state index is -0.0201. The Hall–Kier alpha value is -2.08. The number of rotatable bonds is 6. The Morgan fingerprint density at radius 2 is 1.84 bits per heavy atom. The lowest BCUT2D eigenvalue weighted by Gasteiger charge is -2.22. The van der Waals surface area contributed by atoms with E-state index in [9.17, 15) is 9.59 Å². The van der Waals surface area contributed by atoms with Gasteiger partial charge in [0.15, 0.2) is 0 Å². The smallest absolute Gasteiger partial charge is 0.254 e. The second kappa shape index (κ2) is 9.42. The zero-order valence-electron chi connectivity index (χ0n) is 15.4. The van der Waals surface area contributed by atoms with Crippen molar-refractivity contribution in [1.82, 2.24) is 9.80 Å². The largest absolute Gasteiger partial charge is 0.491 e. The highest BCUT2D eigenvalue weighted by Gasteiger charge is 2.23. The first-order valence-electron chi connectivity index (χ1n) is 8.92. The molecule has 0 aromatic heterocycles. The molecule has 1 aromatic carbocycles. The van der Waals surface area contributed by atoms with Crippen LogP contribution in [0.5, 0.6) is 5.75 Å². The summed E-state index contributed by atoms with van der Waals surface area (Å²) in [7, 11) is 0. The molecular weight excluding hydrogens is 320 g/mol. The molecule has 2 amide bonds. The molecule has 0 radical (unpaired) electrons. The molecule has 1 aromatic rings. The number of hydrogen-bond donors (Lipinski definition) is 0. The highest BCUT2D eigenvalue weighted by molar-refractivity contribution is 5.94. The van der Waals surface area contributed by atoms with Gasteiger partial charge in [0.25, 0.3) is 5.91 Å². The third-order valence-electron chi connectivity index (χ3n) is 4.02. The van der Waals surface area contributed by atoms with Gasteiger partial charge < -0.3 is 19.3 Å².